The van der Waals surface area contributed by atoms with Crippen LogP contribution in [0.3, 0.4) is 0 Å². The van der Waals surface area contributed by atoms with Crippen LogP contribution in [-0.2, 0) is 10.8 Å². The summed E-state index contributed by atoms with van der Waals surface area (Å²) in [4.78, 5) is 0. The van der Waals surface area contributed by atoms with Crippen molar-refractivity contribution in [2.24, 2.45) is 0 Å². The highest BCUT2D eigenvalue weighted by Crippen LogP contribution is 2.27. The van der Waals surface area contributed by atoms with Crippen LogP contribution in [0.5, 0.6) is 0 Å². The van der Waals surface area contributed by atoms with Crippen molar-refractivity contribution in [2.75, 3.05) is 0 Å². The van der Waals surface area contributed by atoms with Gasteiger partial charge in [-0.05, 0) is 16.5 Å². The molecule has 0 aliphatic rings. The molecule has 0 saturated heterocycles. The van der Waals surface area contributed by atoms with Gasteiger partial charge in [-0.3, -0.25) is 0 Å². The molecule has 0 bridgehead atoms. The Hall–Kier alpha value is -1.04. The molecule has 0 aromatic heterocycles. The number of benzene rings is 1. The zero-order chi connectivity index (χ0) is 11.7. The Kier molecular flexibility index (Phi) is 3.08. The lowest BCUT2D eigenvalue weighted by Crippen LogP contribution is -2.15. The lowest BCUT2D eigenvalue weighted by atomic mass is 9.81. The van der Waals surface area contributed by atoms with Crippen LogP contribution >= 0.6 is 0 Å². The van der Waals surface area contributed by atoms with Crippen molar-refractivity contribution in [3.8, 4) is 0 Å². The Balaban J connectivity index is 3.06. The summed E-state index contributed by atoms with van der Waals surface area (Å²) in [6.07, 6.45) is 1.75. The second-order valence-corrected chi connectivity index (χ2v) is 5.72. The first-order valence-corrected chi connectivity index (χ1v) is 5.44. The normalized spacial score (nSPS) is 12.6. The van der Waals surface area contributed by atoms with Crippen LogP contribution in [0.2, 0.25) is 0 Å². The average Bonchev–Trinajstić information content (AvgIpc) is 2.17. The molecule has 0 amide bonds. The van der Waals surface area contributed by atoms with Gasteiger partial charge in [-0.2, -0.15) is 0 Å². The van der Waals surface area contributed by atoms with Gasteiger partial charge in [0.25, 0.3) is 0 Å². The summed E-state index contributed by atoms with van der Waals surface area (Å²) in [7, 11) is 0. The summed E-state index contributed by atoms with van der Waals surface area (Å²) in [6.45, 7) is 16.6. The van der Waals surface area contributed by atoms with E-state index in [1.54, 1.807) is 6.08 Å². The minimum Gasteiger partial charge on any atom is -0.0745 e. The Morgan fingerprint density at radius 1 is 0.867 bits per heavy atom. The molecule has 1 aromatic carbocycles. The molecule has 0 heteroatoms. The first-order valence-electron chi connectivity index (χ1n) is 5.44. The molecular formula is C15H21. The molecule has 0 aliphatic heterocycles. The van der Waals surface area contributed by atoms with Crippen LogP contribution in [0.25, 0.3) is 0 Å². The molecule has 0 fully saturated rings. The van der Waals surface area contributed by atoms with Crippen molar-refractivity contribution in [2.45, 2.75) is 45.4 Å². The van der Waals surface area contributed by atoms with Crippen LogP contribution in [0.1, 0.15) is 45.7 Å². The number of hydrogen-bond acceptors (Lipinski definition) is 0. The topological polar surface area (TPSA) is 0 Å². The fourth-order valence-corrected chi connectivity index (χ4v) is 1.50. The van der Waals surface area contributed by atoms with E-state index in [-0.39, 0.29) is 10.8 Å². The van der Waals surface area contributed by atoms with Gasteiger partial charge in [0.05, 0.1) is 0 Å². The van der Waals surface area contributed by atoms with Crippen molar-refractivity contribution in [1.82, 2.24) is 0 Å². The third-order valence-corrected chi connectivity index (χ3v) is 2.91. The number of allylic oxidation sites excluding steroid dienone is 1. The second kappa shape index (κ2) is 3.84. The standard InChI is InChI=1S/C15H21/c1-7-15(5,6)13-10-8-12(9-11-13)14(2,3)4/h1,7-11H,2-6H3. The predicted octanol–water partition coefficient (Wildman–Crippen LogP) is 4.25. The van der Waals surface area contributed by atoms with E-state index in [0.717, 1.165) is 0 Å². The van der Waals surface area contributed by atoms with Gasteiger partial charge in [-0.1, -0.05) is 71.5 Å². The van der Waals surface area contributed by atoms with Crippen LogP contribution < -0.4 is 0 Å². The second-order valence-electron chi connectivity index (χ2n) is 5.72. The highest BCUT2D eigenvalue weighted by atomic mass is 14.2. The molecular weight excluding hydrogens is 180 g/mol. The summed E-state index contributed by atoms with van der Waals surface area (Å²) >= 11 is 0. The van der Waals surface area contributed by atoms with E-state index in [1.807, 2.05) is 0 Å². The summed E-state index contributed by atoms with van der Waals surface area (Å²) in [5, 5.41) is 0. The Labute approximate surface area is 94.0 Å². The predicted molar refractivity (Wildman–Crippen MR) is 67.0 cm³/mol. The summed E-state index contributed by atoms with van der Waals surface area (Å²) in [5.74, 6) is 0. The Morgan fingerprint density at radius 3 is 1.60 bits per heavy atom. The fourth-order valence-electron chi connectivity index (χ4n) is 1.50. The van der Waals surface area contributed by atoms with E-state index in [1.165, 1.54) is 11.1 Å². The molecule has 0 atom stereocenters. The van der Waals surface area contributed by atoms with E-state index < -0.39 is 0 Å². The molecule has 0 unspecified atom stereocenters. The first kappa shape index (κ1) is 12.0. The van der Waals surface area contributed by atoms with E-state index in [0.29, 0.717) is 0 Å². The summed E-state index contributed by atoms with van der Waals surface area (Å²) in [5.41, 5.74) is 2.79. The Bertz CT molecular complexity index is 333. The van der Waals surface area contributed by atoms with Gasteiger partial charge in [-0.15, -0.1) is 0 Å². The van der Waals surface area contributed by atoms with Gasteiger partial charge in [-0.25, -0.2) is 0 Å². The molecule has 0 saturated carbocycles. The number of rotatable bonds is 2. The van der Waals surface area contributed by atoms with Gasteiger partial charge in [0.15, 0.2) is 0 Å². The molecule has 1 aromatic rings. The fraction of sp³-hybridized carbons (Fsp3) is 0.467. The SMILES string of the molecule is [CH]=CC(C)(C)c1ccc(C(C)(C)C)cc1. The molecule has 0 N–H and O–H groups in total. The monoisotopic (exact) mass is 201 g/mol. The highest BCUT2D eigenvalue weighted by molar-refractivity contribution is 5.33. The van der Waals surface area contributed by atoms with Crippen LogP contribution in [0, 0.1) is 6.58 Å². The maximum absolute atomic E-state index is 5.64. The van der Waals surface area contributed by atoms with Crippen molar-refractivity contribution < 1.29 is 0 Å². The van der Waals surface area contributed by atoms with E-state index in [2.05, 4.69) is 58.9 Å². The molecule has 0 spiro atoms. The zero-order valence-electron chi connectivity index (χ0n) is 10.5. The minimum absolute atomic E-state index is 0.0452. The molecule has 0 aliphatic carbocycles. The van der Waals surface area contributed by atoms with Gasteiger partial charge < -0.3 is 0 Å². The van der Waals surface area contributed by atoms with E-state index >= 15 is 0 Å². The van der Waals surface area contributed by atoms with Crippen molar-refractivity contribution in [1.29, 1.82) is 0 Å². The van der Waals surface area contributed by atoms with Crippen molar-refractivity contribution in [3.63, 3.8) is 0 Å². The summed E-state index contributed by atoms with van der Waals surface area (Å²) < 4.78 is 0. The maximum atomic E-state index is 5.64. The molecule has 0 nitrogen and oxygen atoms in total. The van der Waals surface area contributed by atoms with Crippen LogP contribution in [-0.4, -0.2) is 0 Å². The lowest BCUT2D eigenvalue weighted by Gasteiger charge is -2.23. The third-order valence-electron chi connectivity index (χ3n) is 2.91. The zero-order valence-corrected chi connectivity index (χ0v) is 10.5. The van der Waals surface area contributed by atoms with Gasteiger partial charge in [0.2, 0.25) is 0 Å². The third kappa shape index (κ3) is 2.71. The number of hydrogen-bond donors (Lipinski definition) is 0. The lowest BCUT2D eigenvalue weighted by molar-refractivity contribution is 0.588. The van der Waals surface area contributed by atoms with E-state index in [4.69, 9.17) is 6.58 Å². The summed E-state index contributed by atoms with van der Waals surface area (Å²) in [6, 6.07) is 8.73. The molecule has 1 radical (unpaired) electrons. The van der Waals surface area contributed by atoms with Gasteiger partial charge >= 0.3 is 0 Å². The first-order chi connectivity index (χ1) is 6.77. The van der Waals surface area contributed by atoms with Crippen molar-refractivity contribution >= 4 is 0 Å². The molecule has 1 rings (SSSR count). The van der Waals surface area contributed by atoms with Gasteiger partial charge in [0.1, 0.15) is 0 Å². The molecule has 0 heterocycles. The maximum Gasteiger partial charge on any atom is 0.00784 e. The minimum atomic E-state index is -0.0452. The molecule has 15 heavy (non-hydrogen) atoms. The van der Waals surface area contributed by atoms with Crippen molar-refractivity contribution in [3.05, 3.63) is 48.0 Å². The van der Waals surface area contributed by atoms with Gasteiger partial charge in [0, 0.05) is 5.41 Å². The average molecular weight is 201 g/mol. The quantitative estimate of drug-likeness (QED) is 0.671. The highest BCUT2D eigenvalue weighted by Gasteiger charge is 2.18. The van der Waals surface area contributed by atoms with Crippen LogP contribution in [0.15, 0.2) is 30.3 Å². The Morgan fingerprint density at radius 2 is 1.27 bits per heavy atom. The smallest absolute Gasteiger partial charge is 0.00784 e. The van der Waals surface area contributed by atoms with E-state index in [9.17, 15) is 0 Å². The molecule has 81 valence electrons. The largest absolute Gasteiger partial charge is 0.0745 e. The van der Waals surface area contributed by atoms with Crippen LogP contribution in [0.4, 0.5) is 0 Å².